The van der Waals surface area contributed by atoms with E-state index < -0.39 is 0 Å². The van der Waals surface area contributed by atoms with Crippen molar-refractivity contribution in [2.75, 3.05) is 11.9 Å². The molecule has 2 N–H and O–H groups in total. The van der Waals surface area contributed by atoms with E-state index in [9.17, 15) is 14.7 Å². The van der Waals surface area contributed by atoms with Crippen LogP contribution in [0.1, 0.15) is 31.4 Å². The Morgan fingerprint density at radius 1 is 1.07 bits per heavy atom. The zero-order chi connectivity index (χ0) is 19.2. The highest BCUT2D eigenvalue weighted by molar-refractivity contribution is 6.01. The van der Waals surface area contributed by atoms with Gasteiger partial charge in [0.25, 0.3) is 5.56 Å². The van der Waals surface area contributed by atoms with E-state index in [2.05, 4.69) is 17.4 Å². The number of pyridine rings is 1. The van der Waals surface area contributed by atoms with Gasteiger partial charge in [-0.3, -0.25) is 9.59 Å². The number of rotatable bonds is 7. The molecule has 3 rings (SSSR count). The average molecular weight is 364 g/mol. The Morgan fingerprint density at radius 3 is 2.59 bits per heavy atom. The summed E-state index contributed by atoms with van der Waals surface area (Å²) in [6.45, 7) is 1.68. The van der Waals surface area contributed by atoms with E-state index in [4.69, 9.17) is 0 Å². The lowest BCUT2D eigenvalue weighted by atomic mass is 10.1. The normalized spacial score (nSPS) is 12.1. The van der Waals surface area contributed by atoms with Gasteiger partial charge in [-0.25, -0.2) is 0 Å². The van der Waals surface area contributed by atoms with E-state index in [1.165, 1.54) is 10.1 Å². The van der Waals surface area contributed by atoms with Gasteiger partial charge in [-0.15, -0.1) is 0 Å². The summed E-state index contributed by atoms with van der Waals surface area (Å²) in [5, 5.41) is 13.5. The highest BCUT2D eigenvalue weighted by Gasteiger charge is 2.11. The summed E-state index contributed by atoms with van der Waals surface area (Å²) in [6.07, 6.45) is 3.70. The lowest BCUT2D eigenvalue weighted by molar-refractivity contribution is -0.116. The number of nitrogens with one attached hydrogen (secondary N) is 1. The molecule has 3 aromatic rings. The average Bonchev–Trinajstić information content (AvgIpc) is 2.69. The van der Waals surface area contributed by atoms with Gasteiger partial charge in [0.2, 0.25) is 5.91 Å². The smallest absolute Gasteiger partial charge is 0.258 e. The number of benzene rings is 2. The highest BCUT2D eigenvalue weighted by Crippen LogP contribution is 2.22. The Hall–Kier alpha value is -2.92. The quantitative estimate of drug-likeness (QED) is 0.674. The SMILES string of the molecule is CC(CO)n1ccc2c(NC(=O)CCCc3ccccc3)cccc2c1=O. The lowest BCUT2D eigenvalue weighted by Crippen LogP contribution is -2.25. The van der Waals surface area contributed by atoms with Crippen molar-refractivity contribution in [3.63, 3.8) is 0 Å². The van der Waals surface area contributed by atoms with Crippen molar-refractivity contribution in [1.29, 1.82) is 0 Å². The molecule has 0 spiro atoms. The molecule has 0 aliphatic heterocycles. The summed E-state index contributed by atoms with van der Waals surface area (Å²) in [6, 6.07) is 16.9. The van der Waals surface area contributed by atoms with E-state index in [-0.39, 0.29) is 24.1 Å². The molecule has 5 nitrogen and oxygen atoms in total. The third kappa shape index (κ3) is 4.44. The minimum absolute atomic E-state index is 0.0636. The molecule has 0 radical (unpaired) electrons. The molecule has 0 saturated carbocycles. The van der Waals surface area contributed by atoms with Gasteiger partial charge < -0.3 is 15.0 Å². The fourth-order valence-corrected chi connectivity index (χ4v) is 3.15. The van der Waals surface area contributed by atoms with Crippen LogP contribution in [0.3, 0.4) is 0 Å². The van der Waals surface area contributed by atoms with Crippen LogP contribution in [0.4, 0.5) is 5.69 Å². The van der Waals surface area contributed by atoms with Gasteiger partial charge >= 0.3 is 0 Å². The molecule has 0 saturated heterocycles. The zero-order valence-corrected chi connectivity index (χ0v) is 15.4. The molecule has 1 aromatic heterocycles. The van der Waals surface area contributed by atoms with Crippen LogP contribution in [0.2, 0.25) is 0 Å². The molecular weight excluding hydrogens is 340 g/mol. The van der Waals surface area contributed by atoms with Gasteiger partial charge in [-0.2, -0.15) is 0 Å². The summed E-state index contributed by atoms with van der Waals surface area (Å²) in [4.78, 5) is 25.0. The monoisotopic (exact) mass is 364 g/mol. The fourth-order valence-electron chi connectivity index (χ4n) is 3.15. The second kappa shape index (κ2) is 8.64. The van der Waals surface area contributed by atoms with Gasteiger partial charge in [-0.1, -0.05) is 36.4 Å². The van der Waals surface area contributed by atoms with E-state index in [0.717, 1.165) is 12.8 Å². The summed E-state index contributed by atoms with van der Waals surface area (Å²) >= 11 is 0. The molecule has 1 atom stereocenters. The number of hydrogen-bond donors (Lipinski definition) is 2. The van der Waals surface area contributed by atoms with Gasteiger partial charge in [0.1, 0.15) is 0 Å². The Bertz CT molecular complexity index is 980. The Kier molecular flexibility index (Phi) is 6.04. The van der Waals surface area contributed by atoms with Crippen molar-refractivity contribution in [1.82, 2.24) is 4.57 Å². The molecule has 1 heterocycles. The Morgan fingerprint density at radius 2 is 1.85 bits per heavy atom. The number of anilines is 1. The standard InChI is InChI=1S/C22H24N2O3/c1-16(15-25)24-14-13-18-19(22(24)27)10-6-11-20(18)23-21(26)12-5-9-17-7-3-2-4-8-17/h2-4,6-8,10-11,13-14,16,25H,5,9,12,15H2,1H3,(H,23,26). The fraction of sp³-hybridized carbons (Fsp3) is 0.273. The van der Waals surface area contributed by atoms with E-state index in [0.29, 0.717) is 22.9 Å². The Labute approximate surface area is 158 Å². The first-order valence-electron chi connectivity index (χ1n) is 9.18. The van der Waals surface area contributed by atoms with Crippen LogP contribution in [0.15, 0.2) is 65.6 Å². The molecule has 2 aromatic carbocycles. The minimum atomic E-state index is -0.293. The second-order valence-corrected chi connectivity index (χ2v) is 6.71. The molecule has 1 amide bonds. The first-order valence-corrected chi connectivity index (χ1v) is 9.18. The number of hydrogen-bond acceptors (Lipinski definition) is 3. The van der Waals surface area contributed by atoms with Crippen LogP contribution in [-0.2, 0) is 11.2 Å². The number of aliphatic hydroxyl groups is 1. The maximum absolute atomic E-state index is 12.6. The largest absolute Gasteiger partial charge is 0.394 e. The van der Waals surface area contributed by atoms with Crippen molar-refractivity contribution < 1.29 is 9.90 Å². The molecule has 0 aliphatic rings. The van der Waals surface area contributed by atoms with Crippen LogP contribution in [0.5, 0.6) is 0 Å². The molecule has 140 valence electrons. The number of aromatic nitrogens is 1. The molecule has 0 aliphatic carbocycles. The summed E-state index contributed by atoms with van der Waals surface area (Å²) < 4.78 is 1.51. The zero-order valence-electron chi connectivity index (χ0n) is 15.4. The topological polar surface area (TPSA) is 71.3 Å². The van der Waals surface area contributed by atoms with Crippen LogP contribution in [0, 0.1) is 0 Å². The van der Waals surface area contributed by atoms with Crippen LogP contribution >= 0.6 is 0 Å². The van der Waals surface area contributed by atoms with Gasteiger partial charge in [-0.05, 0) is 43.5 Å². The number of carbonyl (C=O) groups excluding carboxylic acids is 1. The molecular formula is C22H24N2O3. The first-order chi connectivity index (χ1) is 13.1. The molecule has 0 fully saturated rings. The number of nitrogens with zero attached hydrogens (tertiary/aromatic N) is 1. The van der Waals surface area contributed by atoms with Crippen LogP contribution < -0.4 is 10.9 Å². The highest BCUT2D eigenvalue weighted by atomic mass is 16.3. The van der Waals surface area contributed by atoms with Gasteiger partial charge in [0.05, 0.1) is 12.6 Å². The lowest BCUT2D eigenvalue weighted by Gasteiger charge is -2.14. The molecule has 0 bridgehead atoms. The first kappa shape index (κ1) is 18.9. The van der Waals surface area contributed by atoms with Gasteiger partial charge in [0.15, 0.2) is 0 Å². The van der Waals surface area contributed by atoms with Crippen LogP contribution in [0.25, 0.3) is 10.8 Å². The van der Waals surface area contributed by atoms with Crippen molar-refractivity contribution >= 4 is 22.4 Å². The maximum atomic E-state index is 12.6. The minimum Gasteiger partial charge on any atom is -0.394 e. The van der Waals surface area contributed by atoms with E-state index in [1.807, 2.05) is 24.3 Å². The summed E-state index contributed by atoms with van der Waals surface area (Å²) in [5.74, 6) is -0.0636. The van der Waals surface area contributed by atoms with Crippen molar-refractivity contribution in [3.05, 3.63) is 76.7 Å². The third-order valence-electron chi connectivity index (χ3n) is 4.70. The third-order valence-corrected chi connectivity index (χ3v) is 4.70. The molecule has 5 heteroatoms. The van der Waals surface area contributed by atoms with E-state index >= 15 is 0 Å². The summed E-state index contributed by atoms with van der Waals surface area (Å²) in [5.41, 5.74) is 1.68. The predicted molar refractivity (Wildman–Crippen MR) is 108 cm³/mol. The molecule has 1 unspecified atom stereocenters. The number of aliphatic hydroxyl groups excluding tert-OH is 1. The van der Waals surface area contributed by atoms with Gasteiger partial charge in [0, 0.05) is 29.1 Å². The second-order valence-electron chi connectivity index (χ2n) is 6.71. The van der Waals surface area contributed by atoms with Crippen molar-refractivity contribution in [2.24, 2.45) is 0 Å². The van der Waals surface area contributed by atoms with Crippen LogP contribution in [-0.4, -0.2) is 22.2 Å². The number of aryl methyl sites for hydroxylation is 1. The predicted octanol–water partition coefficient (Wildman–Crippen LogP) is 3.52. The number of carbonyl (C=O) groups is 1. The van der Waals surface area contributed by atoms with Crippen molar-refractivity contribution in [3.8, 4) is 0 Å². The van der Waals surface area contributed by atoms with E-state index in [1.54, 1.807) is 31.3 Å². The Balaban J connectivity index is 1.72. The maximum Gasteiger partial charge on any atom is 0.258 e. The number of amides is 1. The number of fused-ring (bicyclic) bond motifs is 1. The van der Waals surface area contributed by atoms with Crippen molar-refractivity contribution in [2.45, 2.75) is 32.2 Å². The molecule has 27 heavy (non-hydrogen) atoms. The summed E-state index contributed by atoms with van der Waals surface area (Å²) in [7, 11) is 0.